The van der Waals surface area contributed by atoms with Crippen LogP contribution in [-0.4, -0.2) is 29.1 Å². The minimum absolute atomic E-state index is 0.0851. The van der Waals surface area contributed by atoms with Gasteiger partial charge >= 0.3 is 0 Å². The molecule has 2 aromatic carbocycles. The molecular formula is C17H17N5O2S. The quantitative estimate of drug-likeness (QED) is 0.572. The lowest BCUT2D eigenvalue weighted by Crippen LogP contribution is -2.36. The van der Waals surface area contributed by atoms with Gasteiger partial charge in [0.2, 0.25) is 5.96 Å². The summed E-state index contributed by atoms with van der Waals surface area (Å²) in [7, 11) is -3.78. The van der Waals surface area contributed by atoms with Crippen LogP contribution in [0, 0.1) is 6.92 Å². The lowest BCUT2D eigenvalue weighted by molar-refractivity contribution is 0.591. The standard InChI is InChI=1S/C17H17N5O2S/c1-14-7-9-16(10-8-14)25(23,24)21-17(22-13-18-12-20-22)19-11-15-5-3-2-4-6-15/h2-10,12-13H,11H2,1H3,(H,19,21). The molecule has 1 N–H and O–H groups in total. The van der Waals surface area contributed by atoms with Crippen LogP contribution in [0.15, 0.2) is 77.1 Å². The van der Waals surface area contributed by atoms with Gasteiger partial charge in [-0.3, -0.25) is 0 Å². The minimum Gasteiger partial charge on any atom is -0.247 e. The molecule has 3 aromatic rings. The second-order valence-corrected chi connectivity index (χ2v) is 7.07. The van der Waals surface area contributed by atoms with E-state index in [0.717, 1.165) is 11.1 Å². The first-order valence-corrected chi connectivity index (χ1v) is 9.06. The van der Waals surface area contributed by atoms with E-state index in [9.17, 15) is 8.42 Å². The maximum absolute atomic E-state index is 12.6. The van der Waals surface area contributed by atoms with Crippen molar-refractivity contribution < 1.29 is 8.42 Å². The number of aryl methyl sites for hydroxylation is 1. The van der Waals surface area contributed by atoms with Crippen molar-refractivity contribution in [2.75, 3.05) is 0 Å². The number of sulfonamides is 1. The van der Waals surface area contributed by atoms with Gasteiger partial charge in [0, 0.05) is 0 Å². The van der Waals surface area contributed by atoms with Crippen molar-refractivity contribution in [2.45, 2.75) is 18.4 Å². The third kappa shape index (κ3) is 4.30. The Labute approximate surface area is 146 Å². The largest absolute Gasteiger partial charge is 0.264 e. The highest BCUT2D eigenvalue weighted by Gasteiger charge is 2.17. The number of benzene rings is 2. The average molecular weight is 355 g/mol. The molecule has 128 valence electrons. The smallest absolute Gasteiger partial charge is 0.247 e. The van der Waals surface area contributed by atoms with Crippen LogP contribution in [0.2, 0.25) is 0 Å². The second kappa shape index (κ2) is 7.27. The van der Waals surface area contributed by atoms with Crippen molar-refractivity contribution in [1.82, 2.24) is 19.5 Å². The van der Waals surface area contributed by atoms with Gasteiger partial charge in [0.1, 0.15) is 12.7 Å². The molecule has 0 bridgehead atoms. The Morgan fingerprint density at radius 1 is 1.12 bits per heavy atom. The molecule has 1 aromatic heterocycles. The first-order valence-electron chi connectivity index (χ1n) is 7.57. The molecule has 0 fully saturated rings. The SMILES string of the molecule is Cc1ccc(S(=O)(=O)NC(=NCc2ccccc2)n2cncn2)cc1. The molecule has 0 atom stereocenters. The Balaban J connectivity index is 1.89. The predicted molar refractivity (Wildman–Crippen MR) is 94.5 cm³/mol. The van der Waals surface area contributed by atoms with Crippen LogP contribution in [0.4, 0.5) is 0 Å². The van der Waals surface area contributed by atoms with Gasteiger partial charge in [-0.05, 0) is 24.6 Å². The molecule has 0 radical (unpaired) electrons. The van der Waals surface area contributed by atoms with Crippen LogP contribution in [-0.2, 0) is 16.6 Å². The zero-order valence-electron chi connectivity index (χ0n) is 13.6. The molecule has 0 saturated heterocycles. The Morgan fingerprint density at radius 2 is 1.84 bits per heavy atom. The highest BCUT2D eigenvalue weighted by Crippen LogP contribution is 2.10. The molecule has 0 unspecified atom stereocenters. The monoisotopic (exact) mass is 355 g/mol. The van der Waals surface area contributed by atoms with Crippen LogP contribution in [0.5, 0.6) is 0 Å². The van der Waals surface area contributed by atoms with Crippen LogP contribution >= 0.6 is 0 Å². The molecule has 8 heteroatoms. The number of hydrogen-bond donors (Lipinski definition) is 1. The summed E-state index contributed by atoms with van der Waals surface area (Å²) < 4.78 is 29.0. The van der Waals surface area contributed by atoms with Gasteiger partial charge in [0.15, 0.2) is 0 Å². The summed E-state index contributed by atoms with van der Waals surface area (Å²) >= 11 is 0. The molecule has 7 nitrogen and oxygen atoms in total. The van der Waals surface area contributed by atoms with E-state index in [-0.39, 0.29) is 10.9 Å². The number of rotatable bonds is 4. The van der Waals surface area contributed by atoms with E-state index < -0.39 is 10.0 Å². The molecule has 0 aliphatic carbocycles. The van der Waals surface area contributed by atoms with Crippen molar-refractivity contribution >= 4 is 16.0 Å². The van der Waals surface area contributed by atoms with E-state index in [4.69, 9.17) is 0 Å². The van der Waals surface area contributed by atoms with Crippen molar-refractivity contribution in [3.8, 4) is 0 Å². The van der Waals surface area contributed by atoms with Gasteiger partial charge in [0.05, 0.1) is 11.4 Å². The van der Waals surface area contributed by atoms with Crippen LogP contribution in [0.25, 0.3) is 0 Å². The van der Waals surface area contributed by atoms with Crippen molar-refractivity contribution in [3.05, 3.63) is 78.4 Å². The summed E-state index contributed by atoms with van der Waals surface area (Å²) in [6.45, 7) is 2.21. The Hall–Kier alpha value is -3.00. The predicted octanol–water partition coefficient (Wildman–Crippen LogP) is 1.97. The van der Waals surface area contributed by atoms with Crippen molar-refractivity contribution in [2.24, 2.45) is 4.99 Å². The maximum Gasteiger partial charge on any atom is 0.264 e. The zero-order chi connectivity index (χ0) is 17.7. The molecule has 0 saturated carbocycles. The summed E-state index contributed by atoms with van der Waals surface area (Å²) in [5, 5.41) is 3.97. The van der Waals surface area contributed by atoms with Gasteiger partial charge in [-0.2, -0.15) is 9.78 Å². The van der Waals surface area contributed by atoms with Crippen LogP contribution in [0.1, 0.15) is 11.1 Å². The van der Waals surface area contributed by atoms with E-state index in [1.165, 1.54) is 17.3 Å². The topological polar surface area (TPSA) is 89.2 Å². The molecule has 25 heavy (non-hydrogen) atoms. The lowest BCUT2D eigenvalue weighted by Gasteiger charge is -2.11. The highest BCUT2D eigenvalue weighted by atomic mass is 32.2. The first kappa shape index (κ1) is 16.8. The van der Waals surface area contributed by atoms with E-state index >= 15 is 0 Å². The third-order valence-corrected chi connectivity index (χ3v) is 4.79. The number of nitrogens with one attached hydrogen (secondary N) is 1. The molecule has 0 aliphatic heterocycles. The fourth-order valence-corrected chi connectivity index (χ4v) is 3.13. The summed E-state index contributed by atoms with van der Waals surface area (Å²) in [5.41, 5.74) is 1.93. The molecule has 0 aliphatic rings. The first-order chi connectivity index (χ1) is 12.0. The number of aromatic nitrogens is 3. The van der Waals surface area contributed by atoms with Crippen LogP contribution in [0.3, 0.4) is 0 Å². The van der Waals surface area contributed by atoms with Crippen LogP contribution < -0.4 is 4.72 Å². The number of hydrogen-bond acceptors (Lipinski definition) is 5. The Bertz CT molecular complexity index is 950. The number of aliphatic imine (C=N–C) groups is 1. The summed E-state index contributed by atoms with van der Waals surface area (Å²) in [6, 6.07) is 16.1. The summed E-state index contributed by atoms with van der Waals surface area (Å²) in [4.78, 5) is 8.36. The van der Waals surface area contributed by atoms with E-state index in [1.54, 1.807) is 24.3 Å². The molecule has 0 spiro atoms. The van der Waals surface area contributed by atoms with Gasteiger partial charge < -0.3 is 0 Å². The van der Waals surface area contributed by atoms with E-state index in [2.05, 4.69) is 19.8 Å². The van der Waals surface area contributed by atoms with Crippen molar-refractivity contribution in [3.63, 3.8) is 0 Å². The minimum atomic E-state index is -3.78. The molecule has 0 amide bonds. The normalized spacial score (nSPS) is 12.1. The van der Waals surface area contributed by atoms with Gasteiger partial charge in [0.25, 0.3) is 10.0 Å². The fraction of sp³-hybridized carbons (Fsp3) is 0.118. The second-order valence-electron chi connectivity index (χ2n) is 5.38. The van der Waals surface area contributed by atoms with Crippen molar-refractivity contribution in [1.29, 1.82) is 0 Å². The molecule has 1 heterocycles. The average Bonchev–Trinajstić information content (AvgIpc) is 3.14. The van der Waals surface area contributed by atoms with E-state index in [0.29, 0.717) is 6.54 Å². The van der Waals surface area contributed by atoms with E-state index in [1.807, 2.05) is 37.3 Å². The lowest BCUT2D eigenvalue weighted by atomic mass is 10.2. The highest BCUT2D eigenvalue weighted by molar-refractivity contribution is 7.90. The molecule has 3 rings (SSSR count). The van der Waals surface area contributed by atoms with Gasteiger partial charge in [-0.1, -0.05) is 48.0 Å². The fourth-order valence-electron chi connectivity index (χ4n) is 2.12. The maximum atomic E-state index is 12.6. The molecular weight excluding hydrogens is 338 g/mol. The summed E-state index contributed by atoms with van der Waals surface area (Å²) in [5.74, 6) is 0.0851. The van der Waals surface area contributed by atoms with Gasteiger partial charge in [-0.15, -0.1) is 0 Å². The Morgan fingerprint density at radius 3 is 2.48 bits per heavy atom. The summed E-state index contributed by atoms with van der Waals surface area (Å²) in [6.07, 6.45) is 2.71. The Kier molecular flexibility index (Phi) is 4.90. The zero-order valence-corrected chi connectivity index (χ0v) is 14.4. The van der Waals surface area contributed by atoms with Gasteiger partial charge in [-0.25, -0.2) is 23.1 Å². The third-order valence-electron chi connectivity index (χ3n) is 3.45. The number of nitrogens with zero attached hydrogens (tertiary/aromatic N) is 4.